The van der Waals surface area contributed by atoms with Crippen molar-refractivity contribution < 1.29 is 61.9 Å². The number of fused-ring (bicyclic) bond motifs is 1. The normalized spacial score (nSPS) is 15.1. The molecule has 2 aromatic carbocycles. The number of nitrogens with one attached hydrogen (secondary N) is 1. The van der Waals surface area contributed by atoms with E-state index >= 15 is 0 Å². The van der Waals surface area contributed by atoms with Crippen molar-refractivity contribution in [2.24, 2.45) is 11.8 Å². The fraction of sp³-hybridized carbons (Fsp3) is 0.400. The molecule has 19 heteroatoms. The topological polar surface area (TPSA) is 242 Å². The van der Waals surface area contributed by atoms with Gasteiger partial charge in [-0.05, 0) is 55.0 Å². The summed E-state index contributed by atoms with van der Waals surface area (Å²) < 4.78 is 40.2. The number of ether oxygens (including phenoxy) is 1. The van der Waals surface area contributed by atoms with Crippen LogP contribution in [0.1, 0.15) is 62.0 Å². The lowest BCUT2D eigenvalue weighted by Crippen LogP contribution is -2.53. The Bertz CT molecular complexity index is 1850. The van der Waals surface area contributed by atoms with Gasteiger partial charge in [0, 0.05) is 44.5 Å². The zero-order valence-corrected chi connectivity index (χ0v) is 31.8. The molecule has 54 heavy (non-hydrogen) atoms. The molecule has 0 bridgehead atoms. The van der Waals surface area contributed by atoms with Crippen molar-refractivity contribution in [3.63, 3.8) is 0 Å². The molecular formula is C35H43BN3O13P2-. The Hall–Kier alpha value is -4.37. The number of amides is 2. The zero-order valence-electron chi connectivity index (χ0n) is 30.0. The van der Waals surface area contributed by atoms with Crippen LogP contribution in [-0.2, 0) is 29.9 Å². The largest absolute Gasteiger partial charge is 0.778 e. The van der Waals surface area contributed by atoms with Gasteiger partial charge in [-0.3, -0.25) is 28.8 Å². The molecule has 2 heterocycles. The van der Waals surface area contributed by atoms with E-state index in [9.17, 15) is 43.0 Å². The van der Waals surface area contributed by atoms with Crippen molar-refractivity contribution >= 4 is 51.6 Å². The van der Waals surface area contributed by atoms with E-state index < -0.39 is 57.9 Å². The van der Waals surface area contributed by atoms with Crippen molar-refractivity contribution in [3.8, 4) is 11.5 Å². The number of aromatic nitrogens is 1. The summed E-state index contributed by atoms with van der Waals surface area (Å²) in [6.45, 7) is 3.70. The van der Waals surface area contributed by atoms with Crippen LogP contribution in [0.2, 0.25) is 0 Å². The molecule has 1 aliphatic heterocycles. The summed E-state index contributed by atoms with van der Waals surface area (Å²) in [6.07, 6.45) is -0.0647. The molecule has 1 aromatic heterocycles. The molecule has 4 rings (SSSR count). The molecule has 3 aromatic rings. The molecule has 290 valence electrons. The Labute approximate surface area is 313 Å². The highest BCUT2D eigenvalue weighted by molar-refractivity contribution is 7.70. The number of carbonyl (C=O) groups excluding carboxylic acids is 4. The van der Waals surface area contributed by atoms with Gasteiger partial charge < -0.3 is 43.5 Å². The molecule has 2 unspecified atom stereocenters. The second kappa shape index (κ2) is 18.8. The average Bonchev–Trinajstić information content (AvgIpc) is 3.55. The van der Waals surface area contributed by atoms with Crippen molar-refractivity contribution in [1.82, 2.24) is 10.3 Å². The minimum absolute atomic E-state index is 0.0633. The summed E-state index contributed by atoms with van der Waals surface area (Å²) in [6, 6.07) is 19.2. The number of anilines is 1. The molecule has 4 N–H and O–H groups in total. The first-order valence-electron chi connectivity index (χ1n) is 17.2. The number of rotatable bonds is 19. The maximum absolute atomic E-state index is 13.9. The number of Topliss-reactive ketones (excluding diaryl/α,β-unsaturated/α-hetero) is 2. The van der Waals surface area contributed by atoms with Gasteiger partial charge in [0.15, 0.2) is 5.78 Å². The van der Waals surface area contributed by atoms with Gasteiger partial charge in [0.2, 0.25) is 5.91 Å². The standard InChI is InChI=1S/C35H44BN3O13P2/c1-23(2)18-32(38-34(42)25(19-24-10-5-4-6-11-24)20-29(41)28-13-7-8-16-37-28)36-51-30-15-14-26(21-31(30)52-36)39(3)35(43)50-17-9-12-27(40)22-33(53(44,45)46)54(47,48)49/h4-8,10-11,13-16,21,23,25,32-33H,9,12,17-20,22H2,1-3H3,(H,38,42)(H2,44,45,46)(H2,47,48,49)/p-1/t25-,32+/m0/s1. The average molecular weight is 786 g/mol. The Morgan fingerprint density at radius 1 is 0.963 bits per heavy atom. The summed E-state index contributed by atoms with van der Waals surface area (Å²) >= 11 is 0. The molecule has 1 aliphatic rings. The molecule has 0 saturated heterocycles. The lowest BCUT2D eigenvalue weighted by Gasteiger charge is -2.27. The maximum Gasteiger partial charge on any atom is 0.618 e. The van der Waals surface area contributed by atoms with Crippen LogP contribution in [0.3, 0.4) is 0 Å². The van der Waals surface area contributed by atoms with Crippen LogP contribution in [0.5, 0.6) is 11.5 Å². The van der Waals surface area contributed by atoms with Crippen LogP contribution < -0.4 is 24.4 Å². The van der Waals surface area contributed by atoms with Crippen molar-refractivity contribution in [3.05, 3.63) is 84.2 Å². The van der Waals surface area contributed by atoms with Crippen molar-refractivity contribution in [2.45, 2.75) is 63.7 Å². The molecule has 0 radical (unpaired) electrons. The third-order valence-corrected chi connectivity index (χ3v) is 12.2. The van der Waals surface area contributed by atoms with Gasteiger partial charge in [0.1, 0.15) is 36.0 Å². The molecule has 4 atom stereocenters. The van der Waals surface area contributed by atoms with E-state index in [1.165, 1.54) is 18.1 Å². The Balaban J connectivity index is 1.37. The van der Waals surface area contributed by atoms with Crippen molar-refractivity contribution in [1.29, 1.82) is 0 Å². The van der Waals surface area contributed by atoms with Crippen LogP contribution >= 0.6 is 15.2 Å². The van der Waals surface area contributed by atoms with Crippen LogP contribution in [0.15, 0.2) is 72.9 Å². The minimum Gasteiger partial charge on any atom is -0.778 e. The summed E-state index contributed by atoms with van der Waals surface area (Å²) in [5.41, 5.74) is 1.52. The van der Waals surface area contributed by atoms with Crippen LogP contribution in [0.4, 0.5) is 10.5 Å². The van der Waals surface area contributed by atoms with Gasteiger partial charge >= 0.3 is 20.8 Å². The number of benzene rings is 2. The van der Waals surface area contributed by atoms with E-state index in [-0.39, 0.29) is 49.2 Å². The monoisotopic (exact) mass is 786 g/mol. The highest BCUT2D eigenvalue weighted by Crippen LogP contribution is 2.59. The molecular weight excluding hydrogens is 743 g/mol. The van der Waals surface area contributed by atoms with E-state index in [4.69, 9.17) is 18.9 Å². The third-order valence-electron chi connectivity index (χ3n) is 8.53. The number of nitrogens with zero attached hydrogens (tertiary/aromatic N) is 2. The van der Waals surface area contributed by atoms with Gasteiger partial charge in [-0.15, -0.1) is 0 Å². The Kier molecular flexibility index (Phi) is 14.7. The second-order valence-corrected chi connectivity index (χ2v) is 17.3. The quantitative estimate of drug-likeness (QED) is 0.0583. The Morgan fingerprint density at radius 3 is 2.28 bits per heavy atom. The van der Waals surface area contributed by atoms with Crippen molar-refractivity contribution in [2.75, 3.05) is 18.6 Å². The van der Waals surface area contributed by atoms with Crippen LogP contribution in [0.25, 0.3) is 0 Å². The van der Waals surface area contributed by atoms with E-state index in [0.29, 0.717) is 30.0 Å². The minimum atomic E-state index is -5.49. The number of hydrogen-bond donors (Lipinski definition) is 4. The smallest absolute Gasteiger partial charge is 0.618 e. The fourth-order valence-corrected chi connectivity index (χ4v) is 8.15. The first kappa shape index (κ1) is 42.4. The van der Waals surface area contributed by atoms with Gasteiger partial charge in [0.25, 0.3) is 0 Å². The van der Waals surface area contributed by atoms with E-state index in [0.717, 1.165) is 5.56 Å². The van der Waals surface area contributed by atoms with Crippen LogP contribution in [0, 0.1) is 11.8 Å². The van der Waals surface area contributed by atoms with Gasteiger partial charge in [0.05, 0.1) is 18.2 Å². The summed E-state index contributed by atoms with van der Waals surface area (Å²) in [4.78, 5) is 96.0. The summed E-state index contributed by atoms with van der Waals surface area (Å²) in [5.74, 6) is -1.98. The summed E-state index contributed by atoms with van der Waals surface area (Å²) in [7, 11) is -10.3. The first-order chi connectivity index (χ1) is 25.4. The van der Waals surface area contributed by atoms with E-state index in [2.05, 4.69) is 10.3 Å². The molecule has 0 saturated carbocycles. The molecule has 0 spiro atoms. The predicted molar refractivity (Wildman–Crippen MR) is 196 cm³/mol. The highest BCUT2D eigenvalue weighted by Gasteiger charge is 2.43. The fourth-order valence-electron chi connectivity index (χ4n) is 5.75. The maximum atomic E-state index is 13.9. The number of hydrogen-bond acceptors (Lipinski definition) is 11. The highest BCUT2D eigenvalue weighted by atomic mass is 31.2. The first-order valence-corrected chi connectivity index (χ1v) is 20.5. The SMILES string of the molecule is CC(C)C[C@@H](NC(=O)[C@H](CC(=O)c1ccccn1)Cc1ccccc1)B1Oc2ccc(N(C)C(=O)OCCCC(=O)CC(P(=O)([O-])O)P(=O)(O)O)cc2O1. The molecule has 0 aliphatic carbocycles. The van der Waals surface area contributed by atoms with E-state index in [1.807, 2.05) is 44.2 Å². The van der Waals surface area contributed by atoms with Gasteiger partial charge in [-0.1, -0.05) is 50.2 Å². The molecule has 0 fully saturated rings. The van der Waals surface area contributed by atoms with Gasteiger partial charge in [-0.25, -0.2) is 4.79 Å². The molecule has 2 amide bonds. The number of carbonyl (C=O) groups is 4. The lowest BCUT2D eigenvalue weighted by molar-refractivity contribution is -0.194. The Morgan fingerprint density at radius 2 is 1.65 bits per heavy atom. The van der Waals surface area contributed by atoms with Crippen LogP contribution in [-0.4, -0.2) is 75.3 Å². The third kappa shape index (κ3) is 12.3. The lowest BCUT2D eigenvalue weighted by atomic mass is 9.73. The summed E-state index contributed by atoms with van der Waals surface area (Å²) in [5, 5.41) is 0.526. The van der Waals surface area contributed by atoms with E-state index in [1.54, 1.807) is 36.4 Å². The number of ketones is 2. The zero-order chi connectivity index (χ0) is 39.6. The second-order valence-electron chi connectivity index (χ2n) is 13.4. The van der Waals surface area contributed by atoms with Gasteiger partial charge in [-0.2, -0.15) is 0 Å². The predicted octanol–water partition coefficient (Wildman–Crippen LogP) is 3.90. The number of pyridine rings is 1. The molecule has 16 nitrogen and oxygen atoms in total.